The van der Waals surface area contributed by atoms with Crippen LogP contribution in [0.4, 0.5) is 0 Å². The summed E-state index contributed by atoms with van der Waals surface area (Å²) in [6.07, 6.45) is 2.47. The summed E-state index contributed by atoms with van der Waals surface area (Å²) in [6.45, 7) is 0. The number of carbonyl (C=O) groups is 1. The van der Waals surface area contributed by atoms with E-state index in [2.05, 4.69) is 15.1 Å². The standard InChI is InChI=1S/C11H11N3O3/c15-10(16)6-3-5-9-13-11(14-17-9)8-4-1-2-7-12-8/h1-2,4,7H,3,5-6H2,(H,15,16)/p-1. The fourth-order valence-corrected chi connectivity index (χ4v) is 1.34. The molecule has 2 aromatic rings. The smallest absolute Gasteiger partial charge is 0.227 e. The number of nitrogens with zero attached hydrogens (tertiary/aromatic N) is 3. The molecule has 0 amide bonds. The highest BCUT2D eigenvalue weighted by atomic mass is 16.5. The molecule has 0 aliphatic rings. The minimum Gasteiger partial charge on any atom is -0.550 e. The van der Waals surface area contributed by atoms with Crippen molar-refractivity contribution in [2.75, 3.05) is 0 Å². The molecule has 0 atom stereocenters. The number of pyridine rings is 1. The zero-order valence-electron chi connectivity index (χ0n) is 9.00. The molecule has 0 aliphatic heterocycles. The number of carboxylic acids is 1. The summed E-state index contributed by atoms with van der Waals surface area (Å²) in [7, 11) is 0. The van der Waals surface area contributed by atoms with Gasteiger partial charge in [0, 0.05) is 18.6 Å². The number of hydrogen-bond acceptors (Lipinski definition) is 6. The molecule has 17 heavy (non-hydrogen) atoms. The maximum Gasteiger partial charge on any atom is 0.227 e. The highest BCUT2D eigenvalue weighted by Gasteiger charge is 2.08. The molecule has 6 nitrogen and oxygen atoms in total. The van der Waals surface area contributed by atoms with Gasteiger partial charge in [0.25, 0.3) is 0 Å². The van der Waals surface area contributed by atoms with Crippen LogP contribution in [0.25, 0.3) is 11.5 Å². The molecule has 2 aromatic heterocycles. The summed E-state index contributed by atoms with van der Waals surface area (Å²) >= 11 is 0. The molecule has 0 bridgehead atoms. The molecule has 0 saturated carbocycles. The summed E-state index contributed by atoms with van der Waals surface area (Å²) in [5.74, 6) is -0.254. The average molecular weight is 232 g/mol. The molecular weight excluding hydrogens is 222 g/mol. The Morgan fingerprint density at radius 1 is 1.41 bits per heavy atom. The molecule has 0 aromatic carbocycles. The van der Waals surface area contributed by atoms with Gasteiger partial charge in [0.15, 0.2) is 0 Å². The highest BCUT2D eigenvalue weighted by Crippen LogP contribution is 2.12. The van der Waals surface area contributed by atoms with Crippen molar-refractivity contribution in [3.63, 3.8) is 0 Å². The maximum absolute atomic E-state index is 10.2. The van der Waals surface area contributed by atoms with E-state index in [-0.39, 0.29) is 6.42 Å². The van der Waals surface area contributed by atoms with Crippen LogP contribution in [-0.4, -0.2) is 21.1 Å². The largest absolute Gasteiger partial charge is 0.550 e. The number of hydrogen-bond donors (Lipinski definition) is 0. The number of aromatic nitrogens is 3. The topological polar surface area (TPSA) is 91.9 Å². The summed E-state index contributed by atoms with van der Waals surface area (Å²) in [5.41, 5.74) is 0.627. The van der Waals surface area contributed by atoms with E-state index in [4.69, 9.17) is 4.52 Å². The number of rotatable bonds is 5. The van der Waals surface area contributed by atoms with Gasteiger partial charge in [-0.15, -0.1) is 0 Å². The van der Waals surface area contributed by atoms with E-state index >= 15 is 0 Å². The van der Waals surface area contributed by atoms with E-state index in [1.165, 1.54) is 0 Å². The molecule has 0 radical (unpaired) electrons. The molecule has 0 saturated heterocycles. The van der Waals surface area contributed by atoms with Gasteiger partial charge in [0.05, 0.1) is 0 Å². The van der Waals surface area contributed by atoms with Crippen LogP contribution < -0.4 is 5.11 Å². The van der Waals surface area contributed by atoms with Crippen molar-refractivity contribution in [3.05, 3.63) is 30.3 Å². The Labute approximate surface area is 97.3 Å². The van der Waals surface area contributed by atoms with Crippen LogP contribution in [0.5, 0.6) is 0 Å². The second-order valence-corrected chi connectivity index (χ2v) is 3.45. The van der Waals surface area contributed by atoms with E-state index in [1.807, 2.05) is 6.07 Å². The lowest BCUT2D eigenvalue weighted by molar-refractivity contribution is -0.305. The number of aryl methyl sites for hydroxylation is 1. The van der Waals surface area contributed by atoms with Crippen molar-refractivity contribution < 1.29 is 14.4 Å². The van der Waals surface area contributed by atoms with Gasteiger partial charge in [-0.1, -0.05) is 11.2 Å². The van der Waals surface area contributed by atoms with Gasteiger partial charge >= 0.3 is 0 Å². The minimum atomic E-state index is -1.07. The van der Waals surface area contributed by atoms with Crippen LogP contribution in [0.2, 0.25) is 0 Å². The Bertz CT molecular complexity index is 496. The lowest BCUT2D eigenvalue weighted by Gasteiger charge is -1.97. The Morgan fingerprint density at radius 3 is 3.00 bits per heavy atom. The van der Waals surface area contributed by atoms with E-state index in [1.54, 1.807) is 18.3 Å². The van der Waals surface area contributed by atoms with E-state index in [0.29, 0.717) is 30.3 Å². The predicted octanol–water partition coefficient (Wildman–Crippen LogP) is 0.204. The van der Waals surface area contributed by atoms with Crippen LogP contribution in [0.1, 0.15) is 18.7 Å². The van der Waals surface area contributed by atoms with Crippen molar-refractivity contribution >= 4 is 5.97 Å². The molecule has 0 aliphatic carbocycles. The summed E-state index contributed by atoms with van der Waals surface area (Å²) in [5, 5.41) is 14.0. The Balaban J connectivity index is 1.99. The van der Waals surface area contributed by atoms with E-state index in [9.17, 15) is 9.90 Å². The Hall–Kier alpha value is -2.24. The van der Waals surface area contributed by atoms with Crippen LogP contribution in [0.15, 0.2) is 28.9 Å². The average Bonchev–Trinajstić information content (AvgIpc) is 2.78. The SMILES string of the molecule is O=C([O-])CCCc1nc(-c2ccccn2)no1. The van der Waals surface area contributed by atoms with Gasteiger partial charge in [-0.05, 0) is 25.0 Å². The number of aliphatic carboxylic acids is 1. The normalized spacial score (nSPS) is 10.4. The van der Waals surface area contributed by atoms with Gasteiger partial charge in [-0.25, -0.2) is 0 Å². The van der Waals surface area contributed by atoms with E-state index in [0.717, 1.165) is 0 Å². The molecule has 88 valence electrons. The summed E-state index contributed by atoms with van der Waals surface area (Å²) in [4.78, 5) is 18.4. The van der Waals surface area contributed by atoms with E-state index < -0.39 is 5.97 Å². The third-order valence-electron chi connectivity index (χ3n) is 2.13. The first kappa shape index (κ1) is 11.3. The van der Waals surface area contributed by atoms with Crippen LogP contribution in [0.3, 0.4) is 0 Å². The molecule has 6 heteroatoms. The van der Waals surface area contributed by atoms with Crippen LogP contribution in [-0.2, 0) is 11.2 Å². The van der Waals surface area contributed by atoms with Gasteiger partial charge in [0.2, 0.25) is 11.7 Å². The first-order valence-corrected chi connectivity index (χ1v) is 5.19. The van der Waals surface area contributed by atoms with Gasteiger partial charge in [-0.2, -0.15) is 4.98 Å². The maximum atomic E-state index is 10.2. The first-order chi connectivity index (χ1) is 8.25. The molecular formula is C11H10N3O3-. The van der Waals surface area contributed by atoms with Crippen molar-refractivity contribution in [3.8, 4) is 11.5 Å². The monoisotopic (exact) mass is 232 g/mol. The summed E-state index contributed by atoms with van der Waals surface area (Å²) in [6, 6.07) is 5.40. The summed E-state index contributed by atoms with van der Waals surface area (Å²) < 4.78 is 4.99. The molecule has 2 rings (SSSR count). The van der Waals surface area contributed by atoms with Crippen molar-refractivity contribution in [1.82, 2.24) is 15.1 Å². The Kier molecular flexibility index (Phi) is 3.44. The minimum absolute atomic E-state index is 0.0126. The fraction of sp³-hybridized carbons (Fsp3) is 0.273. The molecule has 0 spiro atoms. The molecule has 0 fully saturated rings. The van der Waals surface area contributed by atoms with Gasteiger partial charge < -0.3 is 14.4 Å². The zero-order valence-corrected chi connectivity index (χ0v) is 9.00. The van der Waals surface area contributed by atoms with Crippen LogP contribution in [0, 0.1) is 0 Å². The molecule has 0 unspecified atom stereocenters. The quantitative estimate of drug-likeness (QED) is 0.731. The molecule has 0 N–H and O–H groups in total. The van der Waals surface area contributed by atoms with Crippen molar-refractivity contribution in [1.29, 1.82) is 0 Å². The van der Waals surface area contributed by atoms with Crippen molar-refractivity contribution in [2.24, 2.45) is 0 Å². The third-order valence-corrected chi connectivity index (χ3v) is 2.13. The lowest BCUT2D eigenvalue weighted by Crippen LogP contribution is -2.21. The third kappa shape index (κ3) is 3.10. The second kappa shape index (κ2) is 5.20. The number of carboxylic acid groups (broad SMARTS) is 1. The first-order valence-electron chi connectivity index (χ1n) is 5.19. The predicted molar refractivity (Wildman–Crippen MR) is 55.5 cm³/mol. The van der Waals surface area contributed by atoms with Crippen LogP contribution >= 0.6 is 0 Å². The van der Waals surface area contributed by atoms with Crippen molar-refractivity contribution in [2.45, 2.75) is 19.3 Å². The molecule has 2 heterocycles. The highest BCUT2D eigenvalue weighted by molar-refractivity contribution is 5.64. The zero-order chi connectivity index (χ0) is 12.1. The van der Waals surface area contributed by atoms with Gasteiger partial charge in [-0.3, -0.25) is 4.98 Å². The second-order valence-electron chi connectivity index (χ2n) is 3.45. The van der Waals surface area contributed by atoms with Gasteiger partial charge in [0.1, 0.15) is 5.69 Å². The lowest BCUT2D eigenvalue weighted by atomic mass is 10.2. The number of carbonyl (C=O) groups excluding carboxylic acids is 1. The fourth-order valence-electron chi connectivity index (χ4n) is 1.34. The Morgan fingerprint density at radius 2 is 2.29 bits per heavy atom.